The number of benzene rings is 1. The fourth-order valence-corrected chi connectivity index (χ4v) is 5.14. The van der Waals surface area contributed by atoms with Crippen molar-refractivity contribution in [2.45, 2.75) is 36.9 Å². The second-order valence-corrected chi connectivity index (χ2v) is 9.11. The molecule has 0 radical (unpaired) electrons. The van der Waals surface area contributed by atoms with Gasteiger partial charge in [0.25, 0.3) is 0 Å². The lowest BCUT2D eigenvalue weighted by Crippen LogP contribution is -2.55. The number of nitrogens with zero attached hydrogens (tertiary/aromatic N) is 3. The van der Waals surface area contributed by atoms with E-state index >= 15 is 0 Å². The molecule has 1 aromatic rings. The highest BCUT2D eigenvalue weighted by atomic mass is 32.2. The number of halogens is 3. The van der Waals surface area contributed by atoms with E-state index in [2.05, 4.69) is 0 Å². The molecule has 10 heteroatoms. The zero-order valence-corrected chi connectivity index (χ0v) is 16.5. The number of carbonyl (C=O) groups is 1. The highest BCUT2D eigenvalue weighted by Crippen LogP contribution is 2.31. The van der Waals surface area contributed by atoms with Gasteiger partial charge in [0, 0.05) is 39.3 Å². The molecule has 0 unspecified atom stereocenters. The highest BCUT2D eigenvalue weighted by Gasteiger charge is 2.35. The third kappa shape index (κ3) is 4.33. The lowest BCUT2D eigenvalue weighted by Gasteiger charge is -2.37. The molecule has 0 aliphatic carbocycles. The van der Waals surface area contributed by atoms with Gasteiger partial charge < -0.3 is 4.90 Å². The first-order valence-electron chi connectivity index (χ1n) is 9.31. The first-order chi connectivity index (χ1) is 13.1. The summed E-state index contributed by atoms with van der Waals surface area (Å²) in [4.78, 5) is 15.9. The summed E-state index contributed by atoms with van der Waals surface area (Å²) in [6.07, 6.45) is -2.60. The van der Waals surface area contributed by atoms with Gasteiger partial charge in [-0.05, 0) is 38.0 Å². The number of alkyl halides is 3. The summed E-state index contributed by atoms with van der Waals surface area (Å²) in [5, 5.41) is 0. The smallest absolute Gasteiger partial charge is 0.341 e. The quantitative estimate of drug-likeness (QED) is 0.749. The van der Waals surface area contributed by atoms with Crippen LogP contribution >= 0.6 is 0 Å². The summed E-state index contributed by atoms with van der Waals surface area (Å²) in [5.74, 6) is 0.0479. The van der Waals surface area contributed by atoms with E-state index in [4.69, 9.17) is 0 Å². The minimum absolute atomic E-state index is 0.0479. The van der Waals surface area contributed by atoms with Crippen molar-refractivity contribution in [3.8, 4) is 0 Å². The van der Waals surface area contributed by atoms with E-state index in [1.807, 2.05) is 16.7 Å². The van der Waals surface area contributed by atoms with E-state index < -0.39 is 21.8 Å². The second kappa shape index (κ2) is 8.00. The Labute approximate surface area is 162 Å². The van der Waals surface area contributed by atoms with Crippen molar-refractivity contribution in [2.75, 3.05) is 39.3 Å². The molecule has 2 saturated heterocycles. The molecule has 0 aromatic heterocycles. The van der Waals surface area contributed by atoms with Crippen molar-refractivity contribution in [3.05, 3.63) is 29.8 Å². The molecule has 0 saturated carbocycles. The fraction of sp³-hybridized carbons (Fsp3) is 0.611. The van der Waals surface area contributed by atoms with E-state index in [0.29, 0.717) is 19.2 Å². The zero-order chi connectivity index (χ0) is 20.5. The molecule has 1 aromatic carbocycles. The maximum Gasteiger partial charge on any atom is 0.416 e. The molecular formula is C18H24F3N3O3S. The molecule has 156 valence electrons. The van der Waals surface area contributed by atoms with Crippen LogP contribution in [0.3, 0.4) is 0 Å². The lowest BCUT2D eigenvalue weighted by molar-refractivity contribution is -0.138. The van der Waals surface area contributed by atoms with E-state index in [-0.39, 0.29) is 29.9 Å². The van der Waals surface area contributed by atoms with Gasteiger partial charge in [-0.15, -0.1) is 0 Å². The largest absolute Gasteiger partial charge is 0.416 e. The lowest BCUT2D eigenvalue weighted by atomic mass is 10.2. The SMILES string of the molecule is C[C@H](C(=O)N1CCCC1)N1CCN(S(=O)(=O)c2cccc(C(F)(F)F)c2)CC1. The number of hydrogen-bond donors (Lipinski definition) is 0. The fourth-order valence-electron chi connectivity index (χ4n) is 3.67. The van der Waals surface area contributed by atoms with Crippen LogP contribution in [-0.2, 0) is 21.0 Å². The van der Waals surface area contributed by atoms with Crippen LogP contribution in [0.2, 0.25) is 0 Å². The molecule has 3 rings (SSSR count). The Morgan fingerprint density at radius 1 is 1.04 bits per heavy atom. The Balaban J connectivity index is 1.66. The standard InChI is InChI=1S/C18H24F3N3O3S/c1-14(17(25)23-7-2-3-8-23)22-9-11-24(12-10-22)28(26,27)16-6-4-5-15(13-16)18(19,20)21/h4-6,13-14H,2-3,7-12H2,1H3/t14-/m1/s1. The third-order valence-electron chi connectivity index (χ3n) is 5.40. The van der Waals surface area contributed by atoms with Crippen LogP contribution < -0.4 is 0 Å². The first kappa shape index (κ1) is 21.1. The van der Waals surface area contributed by atoms with E-state index in [9.17, 15) is 26.4 Å². The molecule has 28 heavy (non-hydrogen) atoms. The van der Waals surface area contributed by atoms with Crippen LogP contribution in [0.5, 0.6) is 0 Å². The average Bonchev–Trinajstić information content (AvgIpc) is 3.21. The number of rotatable bonds is 4. The Hall–Kier alpha value is -1.65. The molecule has 0 bridgehead atoms. The van der Waals surface area contributed by atoms with Crippen molar-refractivity contribution < 1.29 is 26.4 Å². The minimum atomic E-state index is -4.60. The average molecular weight is 419 g/mol. The monoisotopic (exact) mass is 419 g/mol. The Morgan fingerprint density at radius 2 is 1.64 bits per heavy atom. The molecule has 2 heterocycles. The van der Waals surface area contributed by atoms with Crippen LogP contribution in [0.25, 0.3) is 0 Å². The number of likely N-dealkylation sites (tertiary alicyclic amines) is 1. The van der Waals surface area contributed by atoms with Gasteiger partial charge in [0.1, 0.15) is 0 Å². The van der Waals surface area contributed by atoms with E-state index in [0.717, 1.165) is 38.1 Å². The van der Waals surface area contributed by atoms with Gasteiger partial charge in [-0.3, -0.25) is 9.69 Å². The van der Waals surface area contributed by atoms with Gasteiger partial charge in [-0.25, -0.2) is 8.42 Å². The van der Waals surface area contributed by atoms with Gasteiger partial charge in [-0.2, -0.15) is 17.5 Å². The molecule has 2 fully saturated rings. The first-order valence-corrected chi connectivity index (χ1v) is 10.7. The summed E-state index contributed by atoms with van der Waals surface area (Å²) in [5.41, 5.74) is -0.989. The minimum Gasteiger partial charge on any atom is -0.341 e. The Kier molecular flexibility index (Phi) is 6.02. The number of amides is 1. The summed E-state index contributed by atoms with van der Waals surface area (Å²) >= 11 is 0. The predicted octanol–water partition coefficient (Wildman–Crippen LogP) is 2.02. The summed E-state index contributed by atoms with van der Waals surface area (Å²) < 4.78 is 65.4. The van der Waals surface area contributed by atoms with Crippen LogP contribution in [0.15, 0.2) is 29.2 Å². The number of carbonyl (C=O) groups excluding carboxylic acids is 1. The molecule has 6 nitrogen and oxygen atoms in total. The summed E-state index contributed by atoms with van der Waals surface area (Å²) in [6, 6.07) is 3.46. The highest BCUT2D eigenvalue weighted by molar-refractivity contribution is 7.89. The maximum absolute atomic E-state index is 12.9. The maximum atomic E-state index is 12.9. The Morgan fingerprint density at radius 3 is 2.21 bits per heavy atom. The normalized spacial score (nSPS) is 21.1. The molecule has 0 N–H and O–H groups in total. The van der Waals surface area contributed by atoms with E-state index in [1.165, 1.54) is 10.4 Å². The van der Waals surface area contributed by atoms with Crippen LogP contribution in [-0.4, -0.2) is 73.7 Å². The van der Waals surface area contributed by atoms with Crippen molar-refractivity contribution in [3.63, 3.8) is 0 Å². The van der Waals surface area contributed by atoms with Crippen molar-refractivity contribution in [2.24, 2.45) is 0 Å². The molecule has 1 atom stereocenters. The summed E-state index contributed by atoms with van der Waals surface area (Å²) in [6.45, 7) is 4.32. The molecule has 2 aliphatic rings. The van der Waals surface area contributed by atoms with Gasteiger partial charge in [0.2, 0.25) is 15.9 Å². The molecule has 0 spiro atoms. The van der Waals surface area contributed by atoms with Gasteiger partial charge in [0.15, 0.2) is 0 Å². The van der Waals surface area contributed by atoms with Crippen LogP contribution in [0.1, 0.15) is 25.3 Å². The number of piperazine rings is 1. The second-order valence-electron chi connectivity index (χ2n) is 7.17. The molecular weight excluding hydrogens is 395 g/mol. The van der Waals surface area contributed by atoms with E-state index in [1.54, 1.807) is 0 Å². The topological polar surface area (TPSA) is 60.9 Å². The number of hydrogen-bond acceptors (Lipinski definition) is 4. The number of sulfonamides is 1. The van der Waals surface area contributed by atoms with Crippen molar-refractivity contribution in [1.82, 2.24) is 14.1 Å². The zero-order valence-electron chi connectivity index (χ0n) is 15.7. The molecule has 2 aliphatic heterocycles. The van der Waals surface area contributed by atoms with Gasteiger partial charge >= 0.3 is 6.18 Å². The van der Waals surface area contributed by atoms with Crippen LogP contribution in [0.4, 0.5) is 13.2 Å². The Bertz CT molecular complexity index is 815. The third-order valence-corrected chi connectivity index (χ3v) is 7.29. The van der Waals surface area contributed by atoms with Crippen molar-refractivity contribution in [1.29, 1.82) is 0 Å². The van der Waals surface area contributed by atoms with Crippen molar-refractivity contribution >= 4 is 15.9 Å². The summed E-state index contributed by atoms with van der Waals surface area (Å²) in [7, 11) is -4.02. The predicted molar refractivity (Wildman–Crippen MR) is 97.1 cm³/mol. The van der Waals surface area contributed by atoms with Gasteiger partial charge in [-0.1, -0.05) is 6.07 Å². The van der Waals surface area contributed by atoms with Crippen LogP contribution in [0, 0.1) is 0 Å². The molecule has 1 amide bonds. The van der Waals surface area contributed by atoms with Gasteiger partial charge in [0.05, 0.1) is 16.5 Å².